The van der Waals surface area contributed by atoms with Crippen molar-refractivity contribution in [2.75, 3.05) is 41.0 Å². The van der Waals surface area contributed by atoms with E-state index in [1.807, 2.05) is 12.2 Å². The Morgan fingerprint density at radius 1 is 0.577 bits per heavy atom. The van der Waals surface area contributed by atoms with Crippen molar-refractivity contribution in [3.63, 3.8) is 0 Å². The minimum Gasteiger partial charge on any atom is -0.544 e. The average Bonchev–Trinajstić information content (AvgIpc) is 3.09. The monoisotopic (exact) mass is 724 g/mol. The predicted octanol–water partition coefficient (Wildman–Crippen LogP) is 8.62. The number of esters is 2. The molecule has 8 heteroatoms. The highest BCUT2D eigenvalue weighted by Crippen LogP contribution is 2.10. The molecule has 0 saturated heterocycles. The third-order valence-electron chi connectivity index (χ3n) is 7.73. The van der Waals surface area contributed by atoms with Crippen LogP contribution in [0.4, 0.5) is 0 Å². The van der Waals surface area contributed by atoms with Crippen LogP contribution in [0, 0.1) is 0 Å². The van der Waals surface area contributed by atoms with Gasteiger partial charge >= 0.3 is 11.9 Å². The minimum absolute atomic E-state index is 0.00288. The summed E-state index contributed by atoms with van der Waals surface area (Å²) in [6.07, 6.45) is 44.7. The van der Waals surface area contributed by atoms with E-state index in [1.54, 1.807) is 21.1 Å². The lowest BCUT2D eigenvalue weighted by molar-refractivity contribution is -0.889. The zero-order valence-electron chi connectivity index (χ0n) is 32.9. The van der Waals surface area contributed by atoms with Gasteiger partial charge in [0.15, 0.2) is 6.10 Å². The molecule has 0 saturated carbocycles. The number of aliphatic carboxylic acids is 1. The summed E-state index contributed by atoms with van der Waals surface area (Å²) < 4.78 is 16.9. The highest BCUT2D eigenvalue weighted by Gasteiger charge is 2.25. The summed E-state index contributed by atoms with van der Waals surface area (Å²) in [5.74, 6) is -1.91. The van der Waals surface area contributed by atoms with Gasteiger partial charge in [-0.2, -0.15) is 0 Å². The largest absolute Gasteiger partial charge is 0.544 e. The van der Waals surface area contributed by atoms with E-state index >= 15 is 0 Å². The summed E-state index contributed by atoms with van der Waals surface area (Å²) in [5.41, 5.74) is 0. The molecule has 0 spiro atoms. The van der Waals surface area contributed by atoms with Gasteiger partial charge in [0, 0.05) is 19.3 Å². The first-order valence-electron chi connectivity index (χ1n) is 19.3. The Hall–Kier alpha value is -3.75. The topological polar surface area (TPSA) is 102 Å². The maximum Gasteiger partial charge on any atom is 0.306 e. The summed E-state index contributed by atoms with van der Waals surface area (Å²) in [7, 11) is 5.34. The van der Waals surface area contributed by atoms with Crippen molar-refractivity contribution >= 4 is 17.9 Å². The first kappa shape index (κ1) is 48.2. The quantitative estimate of drug-likeness (QED) is 0.0297. The van der Waals surface area contributed by atoms with Crippen molar-refractivity contribution < 1.29 is 38.2 Å². The molecule has 0 heterocycles. The summed E-state index contributed by atoms with van der Waals surface area (Å²) in [4.78, 5) is 36.6. The van der Waals surface area contributed by atoms with Gasteiger partial charge in [-0.3, -0.25) is 9.59 Å². The Balaban J connectivity index is 4.53. The molecular formula is C44H69NO7. The highest BCUT2D eigenvalue weighted by atomic mass is 16.6. The second-order valence-corrected chi connectivity index (χ2v) is 13.4. The number of carboxylic acid groups (broad SMARTS) is 1. The van der Waals surface area contributed by atoms with E-state index in [9.17, 15) is 19.5 Å². The van der Waals surface area contributed by atoms with Crippen molar-refractivity contribution in [1.82, 2.24) is 0 Å². The summed E-state index contributed by atoms with van der Waals surface area (Å²) >= 11 is 0. The Kier molecular flexibility index (Phi) is 31.9. The van der Waals surface area contributed by atoms with Crippen LogP contribution in [0.5, 0.6) is 0 Å². The van der Waals surface area contributed by atoms with Crippen LogP contribution in [-0.4, -0.2) is 75.5 Å². The molecule has 2 atom stereocenters. The zero-order chi connectivity index (χ0) is 38.5. The molecule has 2 unspecified atom stereocenters. The van der Waals surface area contributed by atoms with Crippen molar-refractivity contribution in [2.24, 2.45) is 0 Å². The molecule has 0 radical (unpaired) electrons. The number of hydrogen-bond acceptors (Lipinski definition) is 7. The highest BCUT2D eigenvalue weighted by molar-refractivity contribution is 5.70. The van der Waals surface area contributed by atoms with Crippen LogP contribution in [0.2, 0.25) is 0 Å². The van der Waals surface area contributed by atoms with Crippen molar-refractivity contribution in [2.45, 2.75) is 122 Å². The molecule has 0 aliphatic rings. The van der Waals surface area contributed by atoms with E-state index < -0.39 is 18.1 Å². The first-order chi connectivity index (χ1) is 25.1. The molecule has 52 heavy (non-hydrogen) atoms. The summed E-state index contributed by atoms with van der Waals surface area (Å²) in [6, 6.07) is -0.746. The molecule has 0 rings (SSSR count). The van der Waals surface area contributed by atoms with Crippen molar-refractivity contribution in [1.29, 1.82) is 0 Å². The number of ether oxygens (including phenoxy) is 3. The van der Waals surface area contributed by atoms with Crippen molar-refractivity contribution in [3.05, 3.63) is 97.2 Å². The number of quaternary nitrogens is 1. The van der Waals surface area contributed by atoms with Crippen LogP contribution < -0.4 is 5.11 Å². The Morgan fingerprint density at radius 3 is 1.50 bits per heavy atom. The molecular weight excluding hydrogens is 654 g/mol. The molecule has 0 aromatic heterocycles. The van der Waals surface area contributed by atoms with Crippen LogP contribution in [-0.2, 0) is 28.6 Å². The maximum absolute atomic E-state index is 12.6. The molecule has 0 aliphatic carbocycles. The summed E-state index contributed by atoms with van der Waals surface area (Å²) in [6.45, 7) is 4.26. The average molecular weight is 724 g/mol. The fourth-order valence-electron chi connectivity index (χ4n) is 4.78. The molecule has 0 aromatic carbocycles. The molecule has 0 aliphatic heterocycles. The molecule has 0 bridgehead atoms. The number of carbonyl (C=O) groups excluding carboxylic acids is 3. The maximum atomic E-state index is 12.6. The second kappa shape index (κ2) is 34.3. The van der Waals surface area contributed by atoms with E-state index in [1.165, 1.54) is 0 Å². The van der Waals surface area contributed by atoms with Crippen LogP contribution in [0.15, 0.2) is 97.2 Å². The van der Waals surface area contributed by atoms with Crippen molar-refractivity contribution in [3.8, 4) is 0 Å². The van der Waals surface area contributed by atoms with E-state index in [2.05, 4.69) is 98.9 Å². The lowest BCUT2D eigenvalue weighted by Gasteiger charge is -2.34. The number of carbonyl (C=O) groups is 3. The van der Waals surface area contributed by atoms with E-state index in [0.717, 1.165) is 64.2 Å². The second-order valence-electron chi connectivity index (χ2n) is 13.4. The lowest BCUT2D eigenvalue weighted by atomic mass is 10.1. The first-order valence-corrected chi connectivity index (χ1v) is 19.3. The third-order valence-corrected chi connectivity index (χ3v) is 7.73. The SMILES string of the molecule is CC/C=C/C/C=C/C/C=C/C/C=C/C/C=C/C/C=C/CCC(=O)OCC(COCCC(C(=O)[O-])[N+](C)(C)C)OC(=O)CCCC/C=C/C/C=C/CC. The smallest absolute Gasteiger partial charge is 0.306 e. The molecule has 0 N–H and O–H groups in total. The Bertz CT molecular complexity index is 1170. The number of hydrogen-bond donors (Lipinski definition) is 0. The number of nitrogens with zero attached hydrogens (tertiary/aromatic N) is 1. The zero-order valence-corrected chi connectivity index (χ0v) is 32.9. The fraction of sp³-hybridized carbons (Fsp3) is 0.568. The third kappa shape index (κ3) is 32.2. The molecule has 292 valence electrons. The van der Waals surface area contributed by atoms with Gasteiger partial charge in [-0.05, 0) is 77.0 Å². The van der Waals surface area contributed by atoms with Crippen LogP contribution in [0.25, 0.3) is 0 Å². The molecule has 0 amide bonds. The fourth-order valence-corrected chi connectivity index (χ4v) is 4.78. The van der Waals surface area contributed by atoms with E-state index in [4.69, 9.17) is 14.2 Å². The minimum atomic E-state index is -1.15. The summed E-state index contributed by atoms with van der Waals surface area (Å²) in [5, 5.41) is 11.6. The standard InChI is InChI=1S/C44H69NO7/c1-6-8-10-12-14-16-17-18-19-20-21-22-23-24-25-27-28-30-32-34-42(46)51-39-40(38-50-37-36-41(44(48)49)45(3,4)5)52-43(47)35-33-31-29-26-15-13-11-9-7-2/h8-11,14-16,18-19,21-22,24-26,28,30,40-41H,6-7,12-13,17,20,23,27,29,31-39H2,1-5H3/b10-8+,11-9+,16-14+,19-18+,22-21+,25-24+,26-15+,30-28+. The van der Waals surface area contributed by atoms with Gasteiger partial charge in [0.2, 0.25) is 0 Å². The van der Waals surface area contributed by atoms with Gasteiger partial charge in [0.1, 0.15) is 12.6 Å². The van der Waals surface area contributed by atoms with Gasteiger partial charge in [-0.15, -0.1) is 0 Å². The van der Waals surface area contributed by atoms with Crippen LogP contribution in [0.3, 0.4) is 0 Å². The van der Waals surface area contributed by atoms with Gasteiger partial charge in [-0.25, -0.2) is 0 Å². The predicted molar refractivity (Wildman–Crippen MR) is 212 cm³/mol. The van der Waals surface area contributed by atoms with Gasteiger partial charge in [0.05, 0.1) is 40.3 Å². The normalized spacial score (nSPS) is 14.1. The van der Waals surface area contributed by atoms with Crippen LogP contribution in [0.1, 0.15) is 110 Å². The molecule has 0 aromatic rings. The molecule has 0 fully saturated rings. The van der Waals surface area contributed by atoms with E-state index in [0.29, 0.717) is 12.8 Å². The number of rotatable bonds is 32. The van der Waals surface area contributed by atoms with Crippen LogP contribution >= 0.6 is 0 Å². The van der Waals surface area contributed by atoms with E-state index in [-0.39, 0.29) is 55.5 Å². The molecule has 8 nitrogen and oxygen atoms in total. The number of unbranched alkanes of at least 4 members (excludes halogenated alkanes) is 2. The van der Waals surface area contributed by atoms with Gasteiger partial charge in [0.25, 0.3) is 0 Å². The Labute approximate surface area is 316 Å². The van der Waals surface area contributed by atoms with Gasteiger partial charge < -0.3 is 28.6 Å². The lowest BCUT2D eigenvalue weighted by Crippen LogP contribution is -2.55. The van der Waals surface area contributed by atoms with Gasteiger partial charge in [-0.1, -0.05) is 111 Å². The number of carboxylic acids is 1. The number of allylic oxidation sites excluding steroid dienone is 16. The Morgan fingerprint density at radius 2 is 1.04 bits per heavy atom. The number of likely N-dealkylation sites (N-methyl/N-ethyl adjacent to an activating group) is 1.